The normalized spacial score (nSPS) is 12.8. The number of aliphatic hydroxyl groups excluding tert-OH is 1. The van der Waals surface area contributed by atoms with Gasteiger partial charge in [0.15, 0.2) is 0 Å². The molecule has 6 heteroatoms. The molecule has 1 atom stereocenters. The topological polar surface area (TPSA) is 92.5 Å². The number of nitro benzene ring substituents is 1. The number of aryl methyl sites for hydroxylation is 1. The Kier molecular flexibility index (Phi) is 5.43. The molecule has 21 heavy (non-hydrogen) atoms. The highest BCUT2D eigenvalue weighted by Gasteiger charge is 2.22. The van der Waals surface area contributed by atoms with Crippen LogP contribution in [0.15, 0.2) is 18.2 Å². The molecule has 0 spiro atoms. The molecule has 1 rings (SSSR count). The van der Waals surface area contributed by atoms with Gasteiger partial charge in [0.1, 0.15) is 0 Å². The van der Waals surface area contributed by atoms with Crippen LogP contribution >= 0.6 is 0 Å². The number of nitrogens with zero attached hydrogens (tertiary/aromatic N) is 1. The number of amides is 1. The third kappa shape index (κ3) is 4.82. The van der Waals surface area contributed by atoms with Gasteiger partial charge in [-0.3, -0.25) is 14.9 Å². The number of hydrogen-bond acceptors (Lipinski definition) is 4. The van der Waals surface area contributed by atoms with Crippen LogP contribution in [0.3, 0.4) is 0 Å². The van der Waals surface area contributed by atoms with Crippen LogP contribution in [0.25, 0.3) is 0 Å². The summed E-state index contributed by atoms with van der Waals surface area (Å²) >= 11 is 0. The number of hydrogen-bond donors (Lipinski definition) is 2. The van der Waals surface area contributed by atoms with Crippen LogP contribution in [-0.2, 0) is 0 Å². The fraction of sp³-hybridized carbons (Fsp3) is 0.533. The summed E-state index contributed by atoms with van der Waals surface area (Å²) in [5.41, 5.74) is 0.447. The zero-order chi connectivity index (χ0) is 16.2. The first-order valence-corrected chi connectivity index (χ1v) is 6.84. The van der Waals surface area contributed by atoms with Crippen molar-refractivity contribution in [3.63, 3.8) is 0 Å². The summed E-state index contributed by atoms with van der Waals surface area (Å²) in [7, 11) is 0. The number of benzene rings is 1. The SMILES string of the molecule is Cc1ccc(C(=O)NCCC(O)C(C)(C)C)cc1[N+](=O)[O-]. The predicted octanol–water partition coefficient (Wildman–Crippen LogP) is 2.43. The summed E-state index contributed by atoms with van der Waals surface area (Å²) in [4.78, 5) is 22.3. The fourth-order valence-corrected chi connectivity index (χ4v) is 1.80. The summed E-state index contributed by atoms with van der Waals surface area (Å²) in [5, 5.41) is 23.4. The molecule has 2 N–H and O–H groups in total. The summed E-state index contributed by atoms with van der Waals surface area (Å²) in [6.07, 6.45) is -0.0893. The Balaban J connectivity index is 2.65. The molecule has 1 aromatic rings. The minimum Gasteiger partial charge on any atom is -0.393 e. The van der Waals surface area contributed by atoms with E-state index in [2.05, 4.69) is 5.32 Å². The van der Waals surface area contributed by atoms with Gasteiger partial charge in [-0.05, 0) is 24.8 Å². The summed E-state index contributed by atoms with van der Waals surface area (Å²) in [6, 6.07) is 4.37. The van der Waals surface area contributed by atoms with Crippen LogP contribution in [0.4, 0.5) is 5.69 Å². The minimum absolute atomic E-state index is 0.0719. The van der Waals surface area contributed by atoms with Gasteiger partial charge in [-0.2, -0.15) is 0 Å². The zero-order valence-electron chi connectivity index (χ0n) is 12.8. The molecule has 0 aliphatic heterocycles. The average molecular weight is 294 g/mol. The maximum Gasteiger partial charge on any atom is 0.273 e. The second-order valence-electron chi connectivity index (χ2n) is 6.18. The van der Waals surface area contributed by atoms with E-state index >= 15 is 0 Å². The monoisotopic (exact) mass is 294 g/mol. The summed E-state index contributed by atoms with van der Waals surface area (Å²) in [6.45, 7) is 7.70. The first kappa shape index (κ1) is 17.1. The second kappa shape index (κ2) is 6.67. The Hall–Kier alpha value is -1.95. The van der Waals surface area contributed by atoms with Gasteiger partial charge in [-0.25, -0.2) is 0 Å². The molecule has 1 aromatic carbocycles. The zero-order valence-corrected chi connectivity index (χ0v) is 12.8. The van der Waals surface area contributed by atoms with Gasteiger partial charge < -0.3 is 10.4 Å². The van der Waals surface area contributed by atoms with Gasteiger partial charge in [0.05, 0.1) is 11.0 Å². The molecule has 116 valence electrons. The van der Waals surface area contributed by atoms with Gasteiger partial charge in [0, 0.05) is 23.7 Å². The molecule has 0 aliphatic rings. The van der Waals surface area contributed by atoms with Gasteiger partial charge in [-0.15, -0.1) is 0 Å². The highest BCUT2D eigenvalue weighted by atomic mass is 16.6. The molecule has 0 saturated heterocycles. The smallest absolute Gasteiger partial charge is 0.273 e. The Morgan fingerprint density at radius 2 is 2.05 bits per heavy atom. The Labute approximate surface area is 124 Å². The molecule has 1 unspecified atom stereocenters. The molecule has 0 saturated carbocycles. The van der Waals surface area contributed by atoms with E-state index in [1.165, 1.54) is 6.07 Å². The lowest BCUT2D eigenvalue weighted by Crippen LogP contribution is -2.32. The number of nitrogens with one attached hydrogen (secondary N) is 1. The van der Waals surface area contributed by atoms with Gasteiger partial charge in [-0.1, -0.05) is 26.8 Å². The van der Waals surface area contributed by atoms with E-state index in [1.807, 2.05) is 20.8 Å². The molecular formula is C15H22N2O4. The maximum atomic E-state index is 11.9. The van der Waals surface area contributed by atoms with Crippen molar-refractivity contribution in [2.45, 2.75) is 40.2 Å². The molecule has 1 amide bonds. The number of rotatable bonds is 5. The Bertz CT molecular complexity index is 535. The lowest BCUT2D eigenvalue weighted by molar-refractivity contribution is -0.385. The fourth-order valence-electron chi connectivity index (χ4n) is 1.80. The molecule has 0 aromatic heterocycles. The number of carbonyl (C=O) groups is 1. The van der Waals surface area contributed by atoms with Crippen molar-refractivity contribution >= 4 is 11.6 Å². The number of aliphatic hydroxyl groups is 1. The minimum atomic E-state index is -0.523. The van der Waals surface area contributed by atoms with E-state index in [9.17, 15) is 20.0 Å². The second-order valence-corrected chi connectivity index (χ2v) is 6.18. The van der Waals surface area contributed by atoms with E-state index in [1.54, 1.807) is 19.1 Å². The largest absolute Gasteiger partial charge is 0.393 e. The quantitative estimate of drug-likeness (QED) is 0.644. The van der Waals surface area contributed by atoms with Crippen molar-refractivity contribution in [2.75, 3.05) is 6.54 Å². The van der Waals surface area contributed by atoms with Crippen LogP contribution in [0, 0.1) is 22.5 Å². The highest BCUT2D eigenvalue weighted by molar-refractivity contribution is 5.94. The van der Waals surface area contributed by atoms with Gasteiger partial charge in [0.2, 0.25) is 0 Å². The predicted molar refractivity (Wildman–Crippen MR) is 80.2 cm³/mol. The standard InChI is InChI=1S/C15H22N2O4/c1-10-5-6-11(9-12(10)17(20)21)14(19)16-8-7-13(18)15(2,3)4/h5-6,9,13,18H,7-8H2,1-4H3,(H,16,19). The van der Waals surface area contributed by atoms with E-state index in [0.717, 1.165) is 0 Å². The van der Waals surface area contributed by atoms with Crippen LogP contribution in [0.2, 0.25) is 0 Å². The molecule has 0 bridgehead atoms. The van der Waals surface area contributed by atoms with Crippen molar-refractivity contribution in [1.29, 1.82) is 0 Å². The summed E-state index contributed by atoms with van der Waals surface area (Å²) in [5.74, 6) is -0.376. The van der Waals surface area contributed by atoms with E-state index in [4.69, 9.17) is 0 Å². The van der Waals surface area contributed by atoms with Crippen LogP contribution < -0.4 is 5.32 Å². The molecule has 6 nitrogen and oxygen atoms in total. The first-order valence-electron chi connectivity index (χ1n) is 6.84. The highest BCUT2D eigenvalue weighted by Crippen LogP contribution is 2.21. The van der Waals surface area contributed by atoms with E-state index in [0.29, 0.717) is 18.5 Å². The molecule has 0 radical (unpaired) electrons. The molecule has 0 heterocycles. The van der Waals surface area contributed by atoms with Crippen molar-refractivity contribution in [3.05, 3.63) is 39.4 Å². The Morgan fingerprint density at radius 1 is 1.43 bits per heavy atom. The average Bonchev–Trinajstić information content (AvgIpc) is 2.37. The lowest BCUT2D eigenvalue weighted by atomic mass is 9.87. The number of carbonyl (C=O) groups excluding carboxylic acids is 1. The van der Waals surface area contributed by atoms with Crippen molar-refractivity contribution in [3.8, 4) is 0 Å². The van der Waals surface area contributed by atoms with Crippen molar-refractivity contribution < 1.29 is 14.8 Å². The first-order chi connectivity index (χ1) is 9.62. The molecular weight excluding hydrogens is 272 g/mol. The Morgan fingerprint density at radius 3 is 2.57 bits per heavy atom. The number of nitro groups is 1. The summed E-state index contributed by atoms with van der Waals surface area (Å²) < 4.78 is 0. The van der Waals surface area contributed by atoms with Crippen LogP contribution in [0.5, 0.6) is 0 Å². The molecule has 0 fully saturated rings. The van der Waals surface area contributed by atoms with E-state index in [-0.39, 0.29) is 22.6 Å². The van der Waals surface area contributed by atoms with E-state index < -0.39 is 11.0 Å². The van der Waals surface area contributed by atoms with Crippen LogP contribution in [-0.4, -0.2) is 28.6 Å². The van der Waals surface area contributed by atoms with Crippen molar-refractivity contribution in [1.82, 2.24) is 5.32 Å². The van der Waals surface area contributed by atoms with Gasteiger partial charge >= 0.3 is 0 Å². The molecule has 0 aliphatic carbocycles. The maximum absolute atomic E-state index is 11.9. The lowest BCUT2D eigenvalue weighted by Gasteiger charge is -2.25. The van der Waals surface area contributed by atoms with Crippen molar-refractivity contribution in [2.24, 2.45) is 5.41 Å². The van der Waals surface area contributed by atoms with Gasteiger partial charge in [0.25, 0.3) is 11.6 Å². The van der Waals surface area contributed by atoms with Crippen LogP contribution in [0.1, 0.15) is 43.1 Å². The third-order valence-electron chi connectivity index (χ3n) is 3.37. The third-order valence-corrected chi connectivity index (χ3v) is 3.37.